The van der Waals surface area contributed by atoms with E-state index in [-0.39, 0.29) is 16.7 Å². The number of nitro benzene ring substituents is 1. The molecule has 0 amide bonds. The number of hydrogen-bond acceptors (Lipinski definition) is 4. The molecule has 20 heavy (non-hydrogen) atoms. The maximum Gasteiger partial charge on any atom is 0.274 e. The van der Waals surface area contributed by atoms with Crippen LogP contribution < -0.4 is 5.32 Å². The van der Waals surface area contributed by atoms with Gasteiger partial charge in [-0.2, -0.15) is 5.10 Å². The number of aromatic nitrogens is 2. The third kappa shape index (κ3) is 2.64. The van der Waals surface area contributed by atoms with E-state index in [1.54, 1.807) is 23.9 Å². The fourth-order valence-corrected chi connectivity index (χ4v) is 2.31. The Bertz CT molecular complexity index is 649. The van der Waals surface area contributed by atoms with Crippen molar-refractivity contribution in [3.8, 4) is 0 Å². The zero-order valence-electron chi connectivity index (χ0n) is 12.0. The zero-order valence-corrected chi connectivity index (χ0v) is 12.0. The summed E-state index contributed by atoms with van der Waals surface area (Å²) in [5, 5.41) is 18.5. The monoisotopic (exact) mass is 274 g/mol. The lowest BCUT2D eigenvalue weighted by Gasteiger charge is -2.17. The first-order valence-corrected chi connectivity index (χ1v) is 6.40. The van der Waals surface area contributed by atoms with Gasteiger partial charge in [0.1, 0.15) is 0 Å². The summed E-state index contributed by atoms with van der Waals surface area (Å²) in [5.41, 5.74) is 3.59. The second-order valence-corrected chi connectivity index (χ2v) is 4.96. The van der Waals surface area contributed by atoms with E-state index in [0.717, 1.165) is 16.9 Å². The lowest BCUT2D eigenvalue weighted by atomic mass is 10.1. The molecule has 6 heteroatoms. The van der Waals surface area contributed by atoms with Gasteiger partial charge in [0.25, 0.3) is 5.69 Å². The number of hydrogen-bond donors (Lipinski definition) is 1. The van der Waals surface area contributed by atoms with Crippen molar-refractivity contribution in [3.63, 3.8) is 0 Å². The fourth-order valence-electron chi connectivity index (χ4n) is 2.31. The number of nitrogens with zero attached hydrogens (tertiary/aromatic N) is 3. The molecule has 1 N–H and O–H groups in total. The Morgan fingerprint density at radius 3 is 2.60 bits per heavy atom. The summed E-state index contributed by atoms with van der Waals surface area (Å²) < 4.78 is 1.79. The van der Waals surface area contributed by atoms with Crippen LogP contribution in [-0.4, -0.2) is 14.7 Å². The van der Waals surface area contributed by atoms with Gasteiger partial charge in [-0.1, -0.05) is 0 Å². The van der Waals surface area contributed by atoms with E-state index in [2.05, 4.69) is 10.4 Å². The standard InChI is InChI=1S/C14H18N4O2/c1-9-7-10(2)14(18(19)20)8-12(9)16-11(3)13-5-6-15-17(13)4/h5-8,11,16H,1-4H3. The van der Waals surface area contributed by atoms with Crippen LogP contribution in [0.25, 0.3) is 0 Å². The number of benzene rings is 1. The summed E-state index contributed by atoms with van der Waals surface area (Å²) in [6.07, 6.45) is 1.73. The highest BCUT2D eigenvalue weighted by Gasteiger charge is 2.16. The third-order valence-corrected chi connectivity index (χ3v) is 3.41. The molecule has 6 nitrogen and oxygen atoms in total. The Morgan fingerprint density at radius 1 is 1.35 bits per heavy atom. The molecule has 0 aliphatic heterocycles. The van der Waals surface area contributed by atoms with E-state index in [4.69, 9.17) is 0 Å². The van der Waals surface area contributed by atoms with Crippen molar-refractivity contribution in [3.05, 3.63) is 51.3 Å². The molecule has 106 valence electrons. The first kappa shape index (κ1) is 14.0. The van der Waals surface area contributed by atoms with Crippen LogP contribution in [0.5, 0.6) is 0 Å². The molecule has 0 bridgehead atoms. The quantitative estimate of drug-likeness (QED) is 0.686. The molecule has 1 heterocycles. The number of anilines is 1. The van der Waals surface area contributed by atoms with Crippen LogP contribution in [-0.2, 0) is 7.05 Å². The van der Waals surface area contributed by atoms with Gasteiger partial charge >= 0.3 is 0 Å². The van der Waals surface area contributed by atoms with E-state index in [0.29, 0.717) is 5.56 Å². The second kappa shape index (κ2) is 5.32. The number of aryl methyl sites for hydroxylation is 3. The largest absolute Gasteiger partial charge is 0.377 e. The highest BCUT2D eigenvalue weighted by Crippen LogP contribution is 2.28. The van der Waals surface area contributed by atoms with E-state index in [1.165, 1.54) is 0 Å². The van der Waals surface area contributed by atoms with Gasteiger partial charge in [-0.3, -0.25) is 14.8 Å². The van der Waals surface area contributed by atoms with Gasteiger partial charge in [-0.25, -0.2) is 0 Å². The summed E-state index contributed by atoms with van der Waals surface area (Å²) in [6.45, 7) is 5.69. The van der Waals surface area contributed by atoms with E-state index < -0.39 is 0 Å². The van der Waals surface area contributed by atoms with Crippen molar-refractivity contribution in [1.29, 1.82) is 0 Å². The molecule has 2 rings (SSSR count). The molecule has 0 saturated heterocycles. The molecular weight excluding hydrogens is 256 g/mol. The van der Waals surface area contributed by atoms with Crippen LogP contribution in [0, 0.1) is 24.0 Å². The molecule has 0 aliphatic carbocycles. The summed E-state index contributed by atoms with van der Waals surface area (Å²) in [7, 11) is 1.87. The van der Waals surface area contributed by atoms with Crippen LogP contribution in [0.2, 0.25) is 0 Å². The van der Waals surface area contributed by atoms with E-state index in [1.807, 2.05) is 33.0 Å². The minimum atomic E-state index is -0.352. The molecule has 0 saturated carbocycles. The first-order valence-electron chi connectivity index (χ1n) is 6.40. The van der Waals surface area contributed by atoms with Gasteiger partial charge in [0.15, 0.2) is 0 Å². The maximum atomic E-state index is 11.0. The summed E-state index contributed by atoms with van der Waals surface area (Å²) in [4.78, 5) is 10.7. The van der Waals surface area contributed by atoms with Crippen molar-refractivity contribution in [2.45, 2.75) is 26.8 Å². The predicted octanol–water partition coefficient (Wildman–Crippen LogP) is 3.12. The molecule has 2 aromatic rings. The van der Waals surface area contributed by atoms with Crippen LogP contribution in [0.15, 0.2) is 24.4 Å². The molecule has 0 aliphatic rings. The van der Waals surface area contributed by atoms with Crippen LogP contribution in [0.1, 0.15) is 29.8 Å². The van der Waals surface area contributed by atoms with Crippen molar-refractivity contribution in [2.75, 3.05) is 5.32 Å². The van der Waals surface area contributed by atoms with Gasteiger partial charge in [0.05, 0.1) is 16.7 Å². The summed E-state index contributed by atoms with van der Waals surface area (Å²) in [6, 6.07) is 5.37. The smallest absolute Gasteiger partial charge is 0.274 e. The van der Waals surface area contributed by atoms with Crippen molar-refractivity contribution in [2.24, 2.45) is 7.05 Å². The van der Waals surface area contributed by atoms with Crippen LogP contribution >= 0.6 is 0 Å². The first-order chi connectivity index (χ1) is 9.40. The lowest BCUT2D eigenvalue weighted by molar-refractivity contribution is -0.385. The Balaban J connectivity index is 2.32. The third-order valence-electron chi connectivity index (χ3n) is 3.41. The van der Waals surface area contributed by atoms with Gasteiger partial charge in [0, 0.05) is 30.6 Å². The Kier molecular flexibility index (Phi) is 3.74. The van der Waals surface area contributed by atoms with Gasteiger partial charge < -0.3 is 5.32 Å². The van der Waals surface area contributed by atoms with Crippen molar-refractivity contribution < 1.29 is 4.92 Å². The van der Waals surface area contributed by atoms with Crippen LogP contribution in [0.3, 0.4) is 0 Å². The Labute approximate surface area is 117 Å². The fraction of sp³-hybridized carbons (Fsp3) is 0.357. The average Bonchev–Trinajstić information content (AvgIpc) is 2.78. The van der Waals surface area contributed by atoms with E-state index >= 15 is 0 Å². The number of nitrogens with one attached hydrogen (secondary N) is 1. The molecule has 1 atom stereocenters. The van der Waals surface area contributed by atoms with E-state index in [9.17, 15) is 10.1 Å². The molecule has 1 aromatic carbocycles. The predicted molar refractivity (Wildman–Crippen MR) is 77.8 cm³/mol. The molecule has 0 radical (unpaired) electrons. The molecule has 1 unspecified atom stereocenters. The average molecular weight is 274 g/mol. The zero-order chi connectivity index (χ0) is 14.9. The number of rotatable bonds is 4. The molecule has 0 spiro atoms. The molecule has 0 fully saturated rings. The Morgan fingerprint density at radius 2 is 2.05 bits per heavy atom. The normalized spacial score (nSPS) is 12.2. The molecular formula is C14H18N4O2. The highest BCUT2D eigenvalue weighted by atomic mass is 16.6. The van der Waals surface area contributed by atoms with Crippen molar-refractivity contribution >= 4 is 11.4 Å². The number of nitro groups is 1. The van der Waals surface area contributed by atoms with Crippen molar-refractivity contribution in [1.82, 2.24) is 9.78 Å². The van der Waals surface area contributed by atoms with Gasteiger partial charge in [-0.15, -0.1) is 0 Å². The summed E-state index contributed by atoms with van der Waals surface area (Å²) >= 11 is 0. The van der Waals surface area contributed by atoms with Gasteiger partial charge in [0.2, 0.25) is 0 Å². The maximum absolute atomic E-state index is 11.0. The summed E-state index contributed by atoms with van der Waals surface area (Å²) in [5.74, 6) is 0. The topological polar surface area (TPSA) is 73.0 Å². The minimum Gasteiger partial charge on any atom is -0.377 e. The lowest BCUT2D eigenvalue weighted by Crippen LogP contribution is -2.12. The van der Waals surface area contributed by atoms with Gasteiger partial charge in [-0.05, 0) is 38.5 Å². The second-order valence-electron chi connectivity index (χ2n) is 4.96. The highest BCUT2D eigenvalue weighted by molar-refractivity contribution is 5.60. The molecule has 1 aromatic heterocycles. The Hall–Kier alpha value is -2.37. The SMILES string of the molecule is Cc1cc(C)c([N+](=O)[O-])cc1NC(C)c1ccnn1C. The van der Waals surface area contributed by atoms with Crippen LogP contribution in [0.4, 0.5) is 11.4 Å². The minimum absolute atomic E-state index is 0.0171.